The normalized spacial score (nSPS) is 17.2. The van der Waals surface area contributed by atoms with Crippen LogP contribution in [-0.4, -0.2) is 40.4 Å². The van der Waals surface area contributed by atoms with Crippen LogP contribution in [0.25, 0.3) is 10.2 Å². The van der Waals surface area contributed by atoms with Gasteiger partial charge in [-0.1, -0.05) is 30.3 Å². The number of nitrogens with zero attached hydrogens (tertiary/aromatic N) is 2. The number of thioether (sulfide) groups is 1. The summed E-state index contributed by atoms with van der Waals surface area (Å²) in [6.45, 7) is 2.90. The maximum atomic E-state index is 5.66. The van der Waals surface area contributed by atoms with E-state index in [9.17, 15) is 0 Å². The third-order valence-electron chi connectivity index (χ3n) is 4.76. The van der Waals surface area contributed by atoms with Gasteiger partial charge in [0.15, 0.2) is 5.11 Å². The number of likely N-dealkylation sites (tertiary alicyclic amines) is 1. The number of piperidine rings is 1. The molecule has 2 heterocycles. The van der Waals surface area contributed by atoms with E-state index in [2.05, 4.69) is 64.8 Å². The SMILES string of the molecule is S=C(NCCSc1ccccc1)N1CCCC(c2nc3ccccc3s2)C1. The molecular formula is C21H23N3S3. The summed E-state index contributed by atoms with van der Waals surface area (Å²) in [6, 6.07) is 18.9. The minimum absolute atomic E-state index is 0.481. The van der Waals surface area contributed by atoms with Crippen LogP contribution in [0.2, 0.25) is 0 Å². The van der Waals surface area contributed by atoms with Crippen molar-refractivity contribution in [3.05, 3.63) is 59.6 Å². The van der Waals surface area contributed by atoms with Crippen molar-refractivity contribution in [1.82, 2.24) is 15.2 Å². The van der Waals surface area contributed by atoms with Crippen molar-refractivity contribution in [1.29, 1.82) is 0 Å². The summed E-state index contributed by atoms with van der Waals surface area (Å²) in [4.78, 5) is 8.49. The highest BCUT2D eigenvalue weighted by Crippen LogP contribution is 2.32. The molecule has 1 aromatic heterocycles. The molecule has 0 bridgehead atoms. The maximum absolute atomic E-state index is 5.66. The van der Waals surface area contributed by atoms with E-state index in [4.69, 9.17) is 17.2 Å². The average Bonchev–Trinajstić information content (AvgIpc) is 3.16. The number of thiocarbonyl (C=S) groups is 1. The van der Waals surface area contributed by atoms with Gasteiger partial charge in [0.2, 0.25) is 0 Å². The molecule has 3 aromatic rings. The lowest BCUT2D eigenvalue weighted by atomic mass is 9.99. The molecule has 27 heavy (non-hydrogen) atoms. The van der Waals surface area contributed by atoms with E-state index in [0.29, 0.717) is 5.92 Å². The van der Waals surface area contributed by atoms with E-state index in [1.165, 1.54) is 27.4 Å². The van der Waals surface area contributed by atoms with Crippen LogP contribution in [-0.2, 0) is 0 Å². The number of benzene rings is 2. The third-order valence-corrected chi connectivity index (χ3v) is 7.37. The molecule has 2 aromatic carbocycles. The zero-order valence-electron chi connectivity index (χ0n) is 15.1. The summed E-state index contributed by atoms with van der Waals surface area (Å²) in [5, 5.41) is 5.58. The van der Waals surface area contributed by atoms with Crippen molar-refractivity contribution in [2.75, 3.05) is 25.4 Å². The number of hydrogen-bond acceptors (Lipinski definition) is 4. The molecule has 0 spiro atoms. The Morgan fingerprint density at radius 1 is 1.19 bits per heavy atom. The van der Waals surface area contributed by atoms with Crippen LogP contribution < -0.4 is 5.32 Å². The van der Waals surface area contributed by atoms with E-state index >= 15 is 0 Å². The average molecular weight is 414 g/mol. The fraction of sp³-hybridized carbons (Fsp3) is 0.333. The van der Waals surface area contributed by atoms with Gasteiger partial charge in [0.05, 0.1) is 15.2 Å². The number of nitrogens with one attached hydrogen (secondary N) is 1. The Bertz CT molecular complexity index is 861. The number of thiazole rings is 1. The van der Waals surface area contributed by atoms with Gasteiger partial charge in [0.25, 0.3) is 0 Å². The number of hydrogen-bond donors (Lipinski definition) is 1. The summed E-state index contributed by atoms with van der Waals surface area (Å²) in [7, 11) is 0. The third kappa shape index (κ3) is 4.81. The van der Waals surface area contributed by atoms with Crippen molar-refractivity contribution in [2.24, 2.45) is 0 Å². The summed E-state index contributed by atoms with van der Waals surface area (Å²) >= 11 is 9.35. The standard InChI is InChI=1S/C21H23N3S3/c25-21(22-12-14-26-17-8-2-1-3-9-17)24-13-6-7-16(15-24)20-23-18-10-4-5-11-19(18)27-20/h1-5,8-11,16H,6-7,12-15H2,(H,22,25). The minimum Gasteiger partial charge on any atom is -0.362 e. The van der Waals surface area contributed by atoms with E-state index in [1.54, 1.807) is 0 Å². The van der Waals surface area contributed by atoms with Crippen molar-refractivity contribution < 1.29 is 0 Å². The van der Waals surface area contributed by atoms with Crippen molar-refractivity contribution in [2.45, 2.75) is 23.7 Å². The van der Waals surface area contributed by atoms with Crippen LogP contribution in [0.1, 0.15) is 23.8 Å². The first-order chi connectivity index (χ1) is 13.3. The molecular weight excluding hydrogens is 390 g/mol. The van der Waals surface area contributed by atoms with Crippen molar-refractivity contribution >= 4 is 50.6 Å². The van der Waals surface area contributed by atoms with E-state index in [-0.39, 0.29) is 0 Å². The Balaban J connectivity index is 1.29. The first-order valence-electron chi connectivity index (χ1n) is 9.36. The van der Waals surface area contributed by atoms with Crippen LogP contribution in [0.5, 0.6) is 0 Å². The lowest BCUT2D eigenvalue weighted by molar-refractivity contribution is 0.306. The highest BCUT2D eigenvalue weighted by Gasteiger charge is 2.25. The van der Waals surface area contributed by atoms with Gasteiger partial charge in [-0.3, -0.25) is 0 Å². The quantitative estimate of drug-likeness (QED) is 0.355. The largest absolute Gasteiger partial charge is 0.362 e. The Kier molecular flexibility index (Phi) is 6.27. The molecule has 3 nitrogen and oxygen atoms in total. The molecule has 6 heteroatoms. The second-order valence-electron chi connectivity index (χ2n) is 6.70. The first-order valence-corrected chi connectivity index (χ1v) is 11.6. The first kappa shape index (κ1) is 18.7. The van der Waals surface area contributed by atoms with Crippen LogP contribution in [0.15, 0.2) is 59.5 Å². The van der Waals surface area contributed by atoms with Crippen LogP contribution >= 0.6 is 35.3 Å². The van der Waals surface area contributed by atoms with Gasteiger partial charge >= 0.3 is 0 Å². The summed E-state index contributed by atoms with van der Waals surface area (Å²) in [5.74, 6) is 1.49. The van der Waals surface area contributed by atoms with Gasteiger partial charge in [-0.25, -0.2) is 4.98 Å². The molecule has 1 fully saturated rings. The van der Waals surface area contributed by atoms with E-state index in [1.807, 2.05) is 23.1 Å². The monoisotopic (exact) mass is 413 g/mol. The summed E-state index contributed by atoms with van der Waals surface area (Å²) in [5.41, 5.74) is 1.12. The number of rotatable bonds is 5. The summed E-state index contributed by atoms with van der Waals surface area (Å²) < 4.78 is 1.28. The lowest BCUT2D eigenvalue weighted by Crippen LogP contribution is -2.45. The molecule has 1 aliphatic rings. The van der Waals surface area contributed by atoms with Gasteiger partial charge in [0.1, 0.15) is 0 Å². The van der Waals surface area contributed by atoms with Crippen molar-refractivity contribution in [3.8, 4) is 0 Å². The number of para-hydroxylation sites is 1. The zero-order valence-corrected chi connectivity index (χ0v) is 17.6. The lowest BCUT2D eigenvalue weighted by Gasteiger charge is -2.33. The Morgan fingerprint density at radius 3 is 2.85 bits per heavy atom. The fourth-order valence-electron chi connectivity index (χ4n) is 3.38. The topological polar surface area (TPSA) is 28.2 Å². The Morgan fingerprint density at radius 2 is 2.00 bits per heavy atom. The van der Waals surface area contributed by atoms with Gasteiger partial charge < -0.3 is 10.2 Å². The molecule has 1 atom stereocenters. The van der Waals surface area contributed by atoms with E-state index < -0.39 is 0 Å². The molecule has 1 N–H and O–H groups in total. The molecule has 0 amide bonds. The number of fused-ring (bicyclic) bond motifs is 1. The second-order valence-corrected chi connectivity index (χ2v) is 9.32. The van der Waals surface area contributed by atoms with Gasteiger partial charge in [0, 0.05) is 36.2 Å². The molecule has 1 aliphatic heterocycles. The Labute approximate surface area is 174 Å². The van der Waals surface area contributed by atoms with Crippen LogP contribution in [0.4, 0.5) is 0 Å². The number of aromatic nitrogens is 1. The van der Waals surface area contributed by atoms with Crippen LogP contribution in [0, 0.1) is 0 Å². The smallest absolute Gasteiger partial charge is 0.168 e. The zero-order chi connectivity index (χ0) is 18.5. The second kappa shape index (κ2) is 9.04. The highest BCUT2D eigenvalue weighted by atomic mass is 32.2. The highest BCUT2D eigenvalue weighted by molar-refractivity contribution is 7.99. The van der Waals surface area contributed by atoms with Crippen LogP contribution in [0.3, 0.4) is 0 Å². The van der Waals surface area contributed by atoms with Gasteiger partial charge in [-0.05, 0) is 49.3 Å². The van der Waals surface area contributed by atoms with Gasteiger partial charge in [-0.2, -0.15) is 0 Å². The minimum atomic E-state index is 0.481. The molecule has 1 saturated heterocycles. The van der Waals surface area contributed by atoms with Gasteiger partial charge in [-0.15, -0.1) is 23.1 Å². The predicted molar refractivity (Wildman–Crippen MR) is 121 cm³/mol. The molecule has 0 radical (unpaired) electrons. The maximum Gasteiger partial charge on any atom is 0.168 e. The molecule has 0 saturated carbocycles. The Hall–Kier alpha value is -1.63. The molecule has 140 valence electrons. The van der Waals surface area contributed by atoms with Crippen molar-refractivity contribution in [3.63, 3.8) is 0 Å². The molecule has 4 rings (SSSR count). The molecule has 0 aliphatic carbocycles. The van der Waals surface area contributed by atoms with E-state index in [0.717, 1.165) is 36.0 Å². The predicted octanol–water partition coefficient (Wildman–Crippen LogP) is 5.14. The molecule has 1 unspecified atom stereocenters. The fourth-order valence-corrected chi connectivity index (χ4v) is 5.53. The summed E-state index contributed by atoms with van der Waals surface area (Å²) in [6.07, 6.45) is 2.37.